The summed E-state index contributed by atoms with van der Waals surface area (Å²) >= 11 is 1.43. The molecular weight excluding hydrogens is 206 g/mol. The minimum Gasteiger partial charge on any atom is -0.479 e. The van der Waals surface area contributed by atoms with Gasteiger partial charge in [0.15, 0.2) is 6.10 Å². The Bertz CT molecular complexity index is 233. The second kappa shape index (κ2) is 5.21. The molecule has 80 valence electrons. The highest BCUT2D eigenvalue weighted by atomic mass is 32.2. The Morgan fingerprint density at radius 2 is 2.36 bits per heavy atom. The van der Waals surface area contributed by atoms with Crippen molar-refractivity contribution < 1.29 is 19.4 Å². The number of morpholine rings is 1. The maximum Gasteiger partial charge on any atom is 0.334 e. The highest BCUT2D eigenvalue weighted by Gasteiger charge is 2.28. The number of aliphatic carboxylic acids is 1. The summed E-state index contributed by atoms with van der Waals surface area (Å²) in [4.78, 5) is 23.6. The van der Waals surface area contributed by atoms with Crippen LogP contribution in [0, 0.1) is 0 Å². The van der Waals surface area contributed by atoms with Gasteiger partial charge < -0.3 is 14.7 Å². The zero-order chi connectivity index (χ0) is 10.6. The smallest absolute Gasteiger partial charge is 0.334 e. The molecule has 1 amide bonds. The standard InChI is InChI=1S/C8H13NO4S/c1-14-5-7(10)9-2-3-13-6(4-9)8(11)12/h6H,2-5H2,1H3,(H,11,12). The zero-order valence-electron chi connectivity index (χ0n) is 7.93. The second-order valence-corrected chi connectivity index (χ2v) is 3.84. The molecule has 1 aliphatic heterocycles. The number of carboxylic acids is 1. The van der Waals surface area contributed by atoms with Gasteiger partial charge in [0.05, 0.1) is 18.9 Å². The van der Waals surface area contributed by atoms with Crippen molar-refractivity contribution in [1.29, 1.82) is 0 Å². The summed E-state index contributed by atoms with van der Waals surface area (Å²) in [7, 11) is 0. The van der Waals surface area contributed by atoms with E-state index in [0.29, 0.717) is 18.9 Å². The topological polar surface area (TPSA) is 66.8 Å². The second-order valence-electron chi connectivity index (χ2n) is 2.97. The molecule has 1 unspecified atom stereocenters. The van der Waals surface area contributed by atoms with Crippen LogP contribution in [0.2, 0.25) is 0 Å². The molecule has 0 aromatic carbocycles. The Balaban J connectivity index is 2.47. The third kappa shape index (κ3) is 2.88. The lowest BCUT2D eigenvalue weighted by molar-refractivity contribution is -0.158. The Morgan fingerprint density at radius 3 is 2.93 bits per heavy atom. The first-order valence-electron chi connectivity index (χ1n) is 4.26. The highest BCUT2D eigenvalue weighted by molar-refractivity contribution is 7.99. The summed E-state index contributed by atoms with van der Waals surface area (Å²) in [5.74, 6) is -0.634. The summed E-state index contributed by atoms with van der Waals surface area (Å²) in [6.07, 6.45) is 0.974. The molecule has 14 heavy (non-hydrogen) atoms. The van der Waals surface area contributed by atoms with Crippen molar-refractivity contribution in [2.45, 2.75) is 6.10 Å². The molecule has 1 saturated heterocycles. The average Bonchev–Trinajstić information content (AvgIpc) is 2.18. The molecular formula is C8H13NO4S. The third-order valence-corrected chi connectivity index (χ3v) is 2.50. The number of hydrogen-bond donors (Lipinski definition) is 1. The van der Waals surface area contributed by atoms with E-state index in [-0.39, 0.29) is 12.5 Å². The number of thioether (sulfide) groups is 1. The Hall–Kier alpha value is -0.750. The van der Waals surface area contributed by atoms with E-state index in [4.69, 9.17) is 9.84 Å². The number of amides is 1. The maximum absolute atomic E-state index is 11.4. The van der Waals surface area contributed by atoms with Crippen LogP contribution in [0.15, 0.2) is 0 Å². The molecule has 1 N–H and O–H groups in total. The molecule has 0 bridgehead atoms. The molecule has 1 fully saturated rings. The number of nitrogens with zero attached hydrogens (tertiary/aromatic N) is 1. The lowest BCUT2D eigenvalue weighted by Gasteiger charge is -2.30. The minimum atomic E-state index is -1.01. The number of carbonyl (C=O) groups excluding carboxylic acids is 1. The van der Waals surface area contributed by atoms with Gasteiger partial charge in [0.25, 0.3) is 0 Å². The Labute approximate surface area is 86.4 Å². The van der Waals surface area contributed by atoms with Crippen LogP contribution in [-0.4, -0.2) is 59.7 Å². The molecule has 1 heterocycles. The van der Waals surface area contributed by atoms with Crippen molar-refractivity contribution in [2.24, 2.45) is 0 Å². The van der Waals surface area contributed by atoms with Crippen molar-refractivity contribution in [3.63, 3.8) is 0 Å². The van der Waals surface area contributed by atoms with Crippen molar-refractivity contribution in [3.8, 4) is 0 Å². The Kier molecular flexibility index (Phi) is 4.21. The first-order chi connectivity index (χ1) is 6.65. The van der Waals surface area contributed by atoms with E-state index in [1.807, 2.05) is 6.26 Å². The van der Waals surface area contributed by atoms with Crippen LogP contribution in [0.1, 0.15) is 0 Å². The number of rotatable bonds is 3. The summed E-state index contributed by atoms with van der Waals surface area (Å²) < 4.78 is 5.00. The number of ether oxygens (including phenoxy) is 1. The van der Waals surface area contributed by atoms with Gasteiger partial charge in [0.1, 0.15) is 0 Å². The predicted octanol–water partition coefficient (Wildman–Crippen LogP) is -0.339. The lowest BCUT2D eigenvalue weighted by Crippen LogP contribution is -2.49. The number of carbonyl (C=O) groups is 2. The molecule has 1 atom stereocenters. The van der Waals surface area contributed by atoms with E-state index in [0.717, 1.165) is 0 Å². The van der Waals surface area contributed by atoms with Crippen molar-refractivity contribution in [2.75, 3.05) is 31.7 Å². The van der Waals surface area contributed by atoms with Crippen LogP contribution in [-0.2, 0) is 14.3 Å². The monoisotopic (exact) mass is 219 g/mol. The van der Waals surface area contributed by atoms with Gasteiger partial charge in [0, 0.05) is 6.54 Å². The summed E-state index contributed by atoms with van der Waals surface area (Å²) in [5.41, 5.74) is 0. The molecule has 1 rings (SSSR count). The maximum atomic E-state index is 11.4. The Morgan fingerprint density at radius 1 is 1.64 bits per heavy atom. The number of hydrogen-bond acceptors (Lipinski definition) is 4. The van der Waals surface area contributed by atoms with E-state index in [9.17, 15) is 9.59 Å². The molecule has 1 aliphatic rings. The zero-order valence-corrected chi connectivity index (χ0v) is 8.75. The largest absolute Gasteiger partial charge is 0.479 e. The van der Waals surface area contributed by atoms with Gasteiger partial charge in [-0.15, -0.1) is 0 Å². The minimum absolute atomic E-state index is 0.0212. The third-order valence-electron chi connectivity index (χ3n) is 1.96. The fourth-order valence-electron chi connectivity index (χ4n) is 1.24. The number of carboxylic acid groups (broad SMARTS) is 1. The van der Waals surface area contributed by atoms with Gasteiger partial charge in [-0.05, 0) is 6.26 Å². The SMILES string of the molecule is CSCC(=O)N1CCOC(C(=O)O)C1. The molecule has 6 heteroatoms. The fourth-order valence-corrected chi connectivity index (χ4v) is 1.67. The first-order valence-corrected chi connectivity index (χ1v) is 5.65. The average molecular weight is 219 g/mol. The molecule has 0 aliphatic carbocycles. The van der Waals surface area contributed by atoms with E-state index < -0.39 is 12.1 Å². The van der Waals surface area contributed by atoms with Crippen molar-refractivity contribution in [3.05, 3.63) is 0 Å². The summed E-state index contributed by atoms with van der Waals surface area (Å²) in [6.45, 7) is 0.953. The summed E-state index contributed by atoms with van der Waals surface area (Å²) in [5, 5.41) is 8.70. The lowest BCUT2D eigenvalue weighted by atomic mass is 10.3. The van der Waals surface area contributed by atoms with Crippen LogP contribution in [0.5, 0.6) is 0 Å². The predicted molar refractivity (Wildman–Crippen MR) is 52.3 cm³/mol. The van der Waals surface area contributed by atoms with Gasteiger partial charge in [-0.2, -0.15) is 11.8 Å². The molecule has 0 aromatic heterocycles. The molecule has 0 saturated carbocycles. The molecule has 5 nitrogen and oxygen atoms in total. The quantitative estimate of drug-likeness (QED) is 0.703. The fraction of sp³-hybridized carbons (Fsp3) is 0.750. The normalized spacial score (nSPS) is 22.1. The van der Waals surface area contributed by atoms with Crippen molar-refractivity contribution >= 4 is 23.6 Å². The first kappa shape index (κ1) is 11.3. The van der Waals surface area contributed by atoms with Crippen molar-refractivity contribution in [1.82, 2.24) is 4.90 Å². The van der Waals surface area contributed by atoms with E-state index in [1.54, 1.807) is 4.90 Å². The molecule has 0 spiro atoms. The van der Waals surface area contributed by atoms with Crippen LogP contribution >= 0.6 is 11.8 Å². The van der Waals surface area contributed by atoms with Crippen LogP contribution < -0.4 is 0 Å². The molecule has 0 aromatic rings. The van der Waals surface area contributed by atoms with Gasteiger partial charge in [-0.1, -0.05) is 0 Å². The molecule has 0 radical (unpaired) electrons. The van der Waals surface area contributed by atoms with Crippen LogP contribution in [0.25, 0.3) is 0 Å². The highest BCUT2D eigenvalue weighted by Crippen LogP contribution is 2.07. The van der Waals surface area contributed by atoms with Gasteiger partial charge in [-0.3, -0.25) is 4.79 Å². The van der Waals surface area contributed by atoms with Gasteiger partial charge >= 0.3 is 5.97 Å². The summed E-state index contributed by atoms with van der Waals surface area (Å²) in [6, 6.07) is 0. The van der Waals surface area contributed by atoms with Gasteiger partial charge in [-0.25, -0.2) is 4.79 Å². The van der Waals surface area contributed by atoms with Gasteiger partial charge in [0.2, 0.25) is 5.91 Å². The van der Waals surface area contributed by atoms with Crippen LogP contribution in [0.4, 0.5) is 0 Å². The van der Waals surface area contributed by atoms with E-state index in [1.165, 1.54) is 11.8 Å². The van der Waals surface area contributed by atoms with E-state index in [2.05, 4.69) is 0 Å². The van der Waals surface area contributed by atoms with E-state index >= 15 is 0 Å². The van der Waals surface area contributed by atoms with Crippen LogP contribution in [0.3, 0.4) is 0 Å².